The molecule has 0 saturated heterocycles. The van der Waals surface area contributed by atoms with Gasteiger partial charge in [0.05, 0.1) is 30.6 Å². The molecule has 0 bridgehead atoms. The summed E-state index contributed by atoms with van der Waals surface area (Å²) in [6.45, 7) is 3.49. The van der Waals surface area contributed by atoms with Gasteiger partial charge in [-0.3, -0.25) is 4.98 Å². The maximum absolute atomic E-state index is 5.72. The number of pyridine rings is 1. The number of nitrogens with zero attached hydrogens (tertiary/aromatic N) is 3. The largest absolute Gasteiger partial charge is 0.376 e. The molecule has 0 amide bonds. The van der Waals surface area contributed by atoms with Crippen LogP contribution in [0.15, 0.2) is 53.9 Å². The number of thioether (sulfide) groups is 1. The van der Waals surface area contributed by atoms with Crippen molar-refractivity contribution >= 4 is 22.7 Å². The van der Waals surface area contributed by atoms with Crippen molar-refractivity contribution in [2.24, 2.45) is 0 Å². The molecule has 0 aliphatic rings. The normalized spacial score (nSPS) is 11.0. The Hall–Kier alpha value is -1.98. The number of rotatable bonds is 8. The zero-order valence-corrected chi connectivity index (χ0v) is 14.6. The Balaban J connectivity index is 1.57. The zero-order chi connectivity index (χ0) is 16.6. The first-order chi connectivity index (χ1) is 11.9. The van der Waals surface area contributed by atoms with Gasteiger partial charge in [-0.25, -0.2) is 9.97 Å². The molecular formula is C19H21N3OS. The molecule has 4 nitrogen and oxygen atoms in total. The molecule has 2 aromatic heterocycles. The minimum Gasteiger partial charge on any atom is -0.376 e. The van der Waals surface area contributed by atoms with Crippen LogP contribution in [0.25, 0.3) is 10.9 Å². The molecule has 0 atom stereocenters. The second-order valence-electron chi connectivity index (χ2n) is 5.48. The number of ether oxygens (including phenoxy) is 1. The van der Waals surface area contributed by atoms with Gasteiger partial charge in [0.15, 0.2) is 5.16 Å². The predicted molar refractivity (Wildman–Crippen MR) is 98.2 cm³/mol. The van der Waals surface area contributed by atoms with E-state index in [-0.39, 0.29) is 0 Å². The molecule has 1 aromatic carbocycles. The lowest BCUT2D eigenvalue weighted by Crippen LogP contribution is -2.01. The highest BCUT2D eigenvalue weighted by molar-refractivity contribution is 7.99. The van der Waals surface area contributed by atoms with Crippen molar-refractivity contribution in [3.8, 4) is 0 Å². The van der Waals surface area contributed by atoms with Crippen molar-refractivity contribution in [1.82, 2.24) is 15.0 Å². The SMILES string of the molecule is CCCc1nc(SCCOCc2ccccc2)nc2cnccc12. The zero-order valence-electron chi connectivity index (χ0n) is 13.8. The van der Waals surface area contributed by atoms with Gasteiger partial charge < -0.3 is 4.74 Å². The molecule has 5 heteroatoms. The molecule has 3 aromatic rings. The van der Waals surface area contributed by atoms with Gasteiger partial charge in [-0.2, -0.15) is 0 Å². The number of aryl methyl sites for hydroxylation is 1. The lowest BCUT2D eigenvalue weighted by atomic mass is 10.1. The molecule has 24 heavy (non-hydrogen) atoms. The average Bonchev–Trinajstić information content (AvgIpc) is 2.63. The van der Waals surface area contributed by atoms with Gasteiger partial charge in [0, 0.05) is 17.3 Å². The van der Waals surface area contributed by atoms with Crippen molar-refractivity contribution < 1.29 is 4.74 Å². The predicted octanol–water partition coefficient (Wildman–Crippen LogP) is 4.29. The maximum atomic E-state index is 5.72. The van der Waals surface area contributed by atoms with Crippen LogP contribution in [-0.2, 0) is 17.8 Å². The first kappa shape index (κ1) is 16.9. The summed E-state index contributed by atoms with van der Waals surface area (Å²) in [6, 6.07) is 12.2. The van der Waals surface area contributed by atoms with E-state index in [1.807, 2.05) is 30.5 Å². The minimum atomic E-state index is 0.644. The Morgan fingerprint density at radius 2 is 1.96 bits per heavy atom. The second-order valence-corrected chi connectivity index (χ2v) is 6.54. The third kappa shape index (κ3) is 4.52. The molecule has 0 fully saturated rings. The Morgan fingerprint density at radius 3 is 2.79 bits per heavy atom. The molecule has 0 unspecified atom stereocenters. The van der Waals surface area contributed by atoms with E-state index in [9.17, 15) is 0 Å². The van der Waals surface area contributed by atoms with Crippen LogP contribution in [0.5, 0.6) is 0 Å². The second kappa shape index (κ2) is 8.76. The van der Waals surface area contributed by atoms with E-state index in [1.165, 1.54) is 5.56 Å². The molecule has 0 N–H and O–H groups in total. The Bertz CT molecular complexity index is 780. The Kier molecular flexibility index (Phi) is 6.15. The van der Waals surface area contributed by atoms with E-state index in [0.29, 0.717) is 13.2 Å². The molecule has 0 saturated carbocycles. The van der Waals surface area contributed by atoms with Crippen molar-refractivity contribution in [3.05, 3.63) is 60.0 Å². The summed E-state index contributed by atoms with van der Waals surface area (Å²) in [5, 5.41) is 1.92. The molecule has 3 rings (SSSR count). The van der Waals surface area contributed by atoms with Gasteiger partial charge in [0.1, 0.15) is 0 Å². The van der Waals surface area contributed by atoms with Gasteiger partial charge in [0.2, 0.25) is 0 Å². The van der Waals surface area contributed by atoms with Crippen molar-refractivity contribution in [1.29, 1.82) is 0 Å². The van der Waals surface area contributed by atoms with Crippen LogP contribution < -0.4 is 0 Å². The number of hydrogen-bond acceptors (Lipinski definition) is 5. The van der Waals surface area contributed by atoms with E-state index < -0.39 is 0 Å². The molecule has 0 aliphatic carbocycles. The van der Waals surface area contributed by atoms with E-state index in [0.717, 1.165) is 40.3 Å². The van der Waals surface area contributed by atoms with Gasteiger partial charge in [-0.1, -0.05) is 55.4 Å². The van der Waals surface area contributed by atoms with Gasteiger partial charge in [0.25, 0.3) is 0 Å². The van der Waals surface area contributed by atoms with Crippen LogP contribution in [0.4, 0.5) is 0 Å². The Labute approximate surface area is 146 Å². The van der Waals surface area contributed by atoms with Crippen LogP contribution in [0, 0.1) is 0 Å². The number of hydrogen-bond donors (Lipinski definition) is 0. The summed E-state index contributed by atoms with van der Waals surface area (Å²) in [4.78, 5) is 13.5. The van der Waals surface area contributed by atoms with Crippen molar-refractivity contribution in [3.63, 3.8) is 0 Å². The fraction of sp³-hybridized carbons (Fsp3) is 0.316. The van der Waals surface area contributed by atoms with Crippen LogP contribution >= 0.6 is 11.8 Å². The van der Waals surface area contributed by atoms with Crippen molar-refractivity contribution in [2.45, 2.75) is 31.5 Å². The highest BCUT2D eigenvalue weighted by atomic mass is 32.2. The van der Waals surface area contributed by atoms with Gasteiger partial charge >= 0.3 is 0 Å². The fourth-order valence-electron chi connectivity index (χ4n) is 2.47. The third-order valence-corrected chi connectivity index (χ3v) is 4.43. The summed E-state index contributed by atoms with van der Waals surface area (Å²) in [5.74, 6) is 0.837. The molecule has 0 spiro atoms. The molecule has 0 radical (unpaired) electrons. The topological polar surface area (TPSA) is 47.9 Å². The van der Waals surface area contributed by atoms with Crippen LogP contribution in [0.2, 0.25) is 0 Å². The van der Waals surface area contributed by atoms with Crippen LogP contribution in [-0.4, -0.2) is 27.3 Å². The van der Waals surface area contributed by atoms with Crippen LogP contribution in [0.1, 0.15) is 24.6 Å². The van der Waals surface area contributed by atoms with E-state index in [2.05, 4.69) is 29.0 Å². The lowest BCUT2D eigenvalue weighted by Gasteiger charge is -2.08. The monoisotopic (exact) mass is 339 g/mol. The molecule has 0 aliphatic heterocycles. The van der Waals surface area contributed by atoms with Crippen molar-refractivity contribution in [2.75, 3.05) is 12.4 Å². The van der Waals surface area contributed by atoms with Gasteiger partial charge in [-0.05, 0) is 18.1 Å². The Morgan fingerprint density at radius 1 is 1.08 bits per heavy atom. The highest BCUT2D eigenvalue weighted by Gasteiger charge is 2.07. The number of fused-ring (bicyclic) bond motifs is 1. The van der Waals surface area contributed by atoms with E-state index in [4.69, 9.17) is 9.72 Å². The average molecular weight is 339 g/mol. The first-order valence-corrected chi connectivity index (χ1v) is 9.20. The smallest absolute Gasteiger partial charge is 0.188 e. The fourth-order valence-corrected chi connectivity index (χ4v) is 3.19. The summed E-state index contributed by atoms with van der Waals surface area (Å²) in [6.07, 6.45) is 5.64. The maximum Gasteiger partial charge on any atom is 0.188 e. The van der Waals surface area contributed by atoms with E-state index in [1.54, 1.807) is 18.0 Å². The lowest BCUT2D eigenvalue weighted by molar-refractivity contribution is 0.136. The molecule has 124 valence electrons. The quantitative estimate of drug-likeness (QED) is 0.348. The summed E-state index contributed by atoms with van der Waals surface area (Å²) in [7, 11) is 0. The standard InChI is InChI=1S/C19H21N3OS/c1-2-6-17-16-9-10-20-13-18(16)22-19(21-17)24-12-11-23-14-15-7-4-3-5-8-15/h3-5,7-10,13H,2,6,11-12,14H2,1H3. The van der Waals surface area contributed by atoms with E-state index >= 15 is 0 Å². The first-order valence-electron chi connectivity index (χ1n) is 8.22. The highest BCUT2D eigenvalue weighted by Crippen LogP contribution is 2.21. The third-order valence-electron chi connectivity index (χ3n) is 3.61. The number of benzene rings is 1. The molecule has 2 heterocycles. The number of aromatic nitrogens is 3. The summed E-state index contributed by atoms with van der Waals surface area (Å²) < 4.78 is 5.72. The summed E-state index contributed by atoms with van der Waals surface area (Å²) in [5.41, 5.74) is 3.22. The van der Waals surface area contributed by atoms with Crippen LogP contribution in [0.3, 0.4) is 0 Å². The summed E-state index contributed by atoms with van der Waals surface area (Å²) >= 11 is 1.64. The van der Waals surface area contributed by atoms with Gasteiger partial charge in [-0.15, -0.1) is 0 Å². The minimum absolute atomic E-state index is 0.644. The molecular weight excluding hydrogens is 318 g/mol.